The van der Waals surface area contributed by atoms with Crippen LogP contribution in [0, 0.1) is 11.8 Å². The van der Waals surface area contributed by atoms with E-state index in [4.69, 9.17) is 21.1 Å². The summed E-state index contributed by atoms with van der Waals surface area (Å²) in [6, 6.07) is 0.172. The van der Waals surface area contributed by atoms with Gasteiger partial charge in [-0.1, -0.05) is 11.6 Å². The second-order valence-corrected chi connectivity index (χ2v) is 6.11. The molecule has 2 fully saturated rings. The first-order valence-corrected chi connectivity index (χ1v) is 7.64. The summed E-state index contributed by atoms with van der Waals surface area (Å²) >= 11 is 5.79. The molecule has 1 saturated heterocycles. The number of aryl methyl sites for hydroxylation is 1. The number of fused-ring (bicyclic) bond motifs is 1. The number of halogens is 1. The summed E-state index contributed by atoms with van der Waals surface area (Å²) in [5.74, 6) is 0.747. The van der Waals surface area contributed by atoms with Crippen LogP contribution in [-0.4, -0.2) is 48.2 Å². The van der Waals surface area contributed by atoms with Gasteiger partial charge in [-0.3, -0.25) is 9.48 Å². The molecule has 1 saturated carbocycles. The molecule has 3 rings (SSSR count). The van der Waals surface area contributed by atoms with Crippen LogP contribution in [0.15, 0.2) is 12.4 Å². The number of amides is 1. The van der Waals surface area contributed by atoms with Gasteiger partial charge >= 0.3 is 0 Å². The van der Waals surface area contributed by atoms with Gasteiger partial charge in [0.15, 0.2) is 0 Å². The van der Waals surface area contributed by atoms with Crippen molar-refractivity contribution in [2.24, 2.45) is 11.8 Å². The highest BCUT2D eigenvalue weighted by atomic mass is 35.5. The Morgan fingerprint density at radius 1 is 1.67 bits per heavy atom. The van der Waals surface area contributed by atoms with Crippen molar-refractivity contribution < 1.29 is 14.3 Å². The number of carbonyl (C=O) groups is 1. The molecule has 7 heteroatoms. The first kappa shape index (κ1) is 14.8. The molecule has 0 spiro atoms. The smallest absolute Gasteiger partial charge is 0.222 e. The molecule has 1 N–H and O–H groups in total. The molecule has 2 heterocycles. The Morgan fingerprint density at radius 3 is 3.24 bits per heavy atom. The van der Waals surface area contributed by atoms with E-state index in [0.717, 1.165) is 13.0 Å². The zero-order chi connectivity index (χ0) is 14.8. The lowest BCUT2D eigenvalue weighted by Gasteiger charge is -2.47. The van der Waals surface area contributed by atoms with Crippen molar-refractivity contribution in [1.82, 2.24) is 15.1 Å². The standard InChI is InChI=1S/C14H20ClN3O3/c1-20-8-11-13(10-3-5-21-14(10)11)17-12(19)2-4-18-7-9(15)6-16-18/h6-7,10-11,13-14H,2-5,8H2,1H3,(H,17,19)/t10-,11+,13-,14-/m0/s1. The van der Waals surface area contributed by atoms with E-state index in [1.54, 1.807) is 24.2 Å². The van der Waals surface area contributed by atoms with Crippen LogP contribution >= 0.6 is 11.6 Å². The van der Waals surface area contributed by atoms with E-state index in [9.17, 15) is 4.79 Å². The highest BCUT2D eigenvalue weighted by Crippen LogP contribution is 2.43. The largest absolute Gasteiger partial charge is 0.384 e. The van der Waals surface area contributed by atoms with E-state index in [0.29, 0.717) is 30.5 Å². The van der Waals surface area contributed by atoms with Crippen LogP contribution in [0.2, 0.25) is 5.02 Å². The number of hydrogen-bond donors (Lipinski definition) is 1. The third-order valence-corrected chi connectivity index (χ3v) is 4.58. The van der Waals surface area contributed by atoms with Crippen LogP contribution in [0.1, 0.15) is 12.8 Å². The number of rotatable bonds is 6. The number of nitrogens with zero attached hydrogens (tertiary/aromatic N) is 2. The summed E-state index contributed by atoms with van der Waals surface area (Å²) in [6.07, 6.45) is 4.95. The van der Waals surface area contributed by atoms with Gasteiger partial charge in [-0.2, -0.15) is 5.10 Å². The fourth-order valence-electron chi connectivity index (χ4n) is 3.37. The first-order valence-electron chi connectivity index (χ1n) is 7.27. The SMILES string of the molecule is COC[C@@H]1[C@@H](NC(=O)CCn2cc(Cl)cn2)[C@@H]2CCO[C@H]12. The van der Waals surface area contributed by atoms with Crippen molar-refractivity contribution in [3.8, 4) is 0 Å². The molecule has 0 bridgehead atoms. The van der Waals surface area contributed by atoms with Crippen LogP contribution in [-0.2, 0) is 20.8 Å². The van der Waals surface area contributed by atoms with Gasteiger partial charge < -0.3 is 14.8 Å². The number of ether oxygens (including phenoxy) is 2. The molecule has 6 nitrogen and oxygen atoms in total. The monoisotopic (exact) mass is 313 g/mol. The lowest BCUT2D eigenvalue weighted by atomic mass is 9.67. The van der Waals surface area contributed by atoms with E-state index in [1.165, 1.54) is 0 Å². The Kier molecular flexibility index (Phi) is 4.47. The molecule has 1 aliphatic carbocycles. The zero-order valence-electron chi connectivity index (χ0n) is 12.0. The molecular formula is C14H20ClN3O3. The summed E-state index contributed by atoms with van der Waals surface area (Å²) in [7, 11) is 1.68. The third-order valence-electron chi connectivity index (χ3n) is 4.38. The summed E-state index contributed by atoms with van der Waals surface area (Å²) in [5.41, 5.74) is 0. The second-order valence-electron chi connectivity index (χ2n) is 5.67. The lowest BCUT2D eigenvalue weighted by molar-refractivity contribution is -0.130. The van der Waals surface area contributed by atoms with Crippen LogP contribution in [0.3, 0.4) is 0 Å². The highest BCUT2D eigenvalue weighted by molar-refractivity contribution is 6.30. The molecule has 0 radical (unpaired) electrons. The van der Waals surface area contributed by atoms with Crippen molar-refractivity contribution in [2.45, 2.75) is 31.5 Å². The third kappa shape index (κ3) is 3.07. The topological polar surface area (TPSA) is 65.4 Å². The Hall–Kier alpha value is -1.11. The molecule has 0 aromatic carbocycles. The molecule has 21 heavy (non-hydrogen) atoms. The normalized spacial score (nSPS) is 30.8. The number of nitrogens with one attached hydrogen (secondary N) is 1. The number of methoxy groups -OCH3 is 1. The molecule has 1 amide bonds. The van der Waals surface area contributed by atoms with E-state index in [-0.39, 0.29) is 24.0 Å². The molecule has 116 valence electrons. The summed E-state index contributed by atoms with van der Waals surface area (Å²) in [4.78, 5) is 12.1. The minimum atomic E-state index is 0.0399. The highest BCUT2D eigenvalue weighted by Gasteiger charge is 2.54. The average molecular weight is 314 g/mol. The number of hydrogen-bond acceptors (Lipinski definition) is 4. The van der Waals surface area contributed by atoms with E-state index in [2.05, 4.69) is 10.4 Å². The van der Waals surface area contributed by atoms with Gasteiger partial charge in [0, 0.05) is 50.8 Å². The van der Waals surface area contributed by atoms with Crippen molar-refractivity contribution in [1.29, 1.82) is 0 Å². The van der Waals surface area contributed by atoms with Crippen LogP contribution in [0.25, 0.3) is 0 Å². The van der Waals surface area contributed by atoms with Gasteiger partial charge in [-0.05, 0) is 6.42 Å². The predicted octanol–water partition coefficient (Wildman–Crippen LogP) is 1.09. The minimum Gasteiger partial charge on any atom is -0.384 e. The molecule has 1 aromatic heterocycles. The summed E-state index contributed by atoms with van der Waals surface area (Å²) < 4.78 is 12.6. The molecule has 1 aliphatic heterocycles. The van der Waals surface area contributed by atoms with Gasteiger partial charge in [0.2, 0.25) is 5.91 Å². The Labute approximate surface area is 128 Å². The fourth-order valence-corrected chi connectivity index (χ4v) is 3.53. The minimum absolute atomic E-state index is 0.0399. The first-order chi connectivity index (χ1) is 10.2. The Bertz CT molecular complexity index is 507. The van der Waals surface area contributed by atoms with Crippen molar-refractivity contribution >= 4 is 17.5 Å². The van der Waals surface area contributed by atoms with Gasteiger partial charge in [0.05, 0.1) is 23.9 Å². The van der Waals surface area contributed by atoms with Gasteiger partial charge in [-0.25, -0.2) is 0 Å². The molecule has 2 aliphatic rings. The van der Waals surface area contributed by atoms with Crippen LogP contribution in [0.5, 0.6) is 0 Å². The molecular weight excluding hydrogens is 294 g/mol. The zero-order valence-corrected chi connectivity index (χ0v) is 12.8. The van der Waals surface area contributed by atoms with Crippen LogP contribution in [0.4, 0.5) is 0 Å². The predicted molar refractivity (Wildman–Crippen MR) is 77.0 cm³/mol. The van der Waals surface area contributed by atoms with Gasteiger partial charge in [-0.15, -0.1) is 0 Å². The number of carbonyl (C=O) groups excluding carboxylic acids is 1. The molecule has 4 atom stereocenters. The lowest BCUT2D eigenvalue weighted by Crippen LogP contribution is -2.62. The van der Waals surface area contributed by atoms with Crippen LogP contribution < -0.4 is 5.32 Å². The van der Waals surface area contributed by atoms with E-state index >= 15 is 0 Å². The molecule has 0 unspecified atom stereocenters. The van der Waals surface area contributed by atoms with E-state index in [1.807, 2.05) is 0 Å². The fraction of sp³-hybridized carbons (Fsp3) is 0.714. The second kappa shape index (κ2) is 6.34. The Morgan fingerprint density at radius 2 is 2.52 bits per heavy atom. The maximum atomic E-state index is 12.1. The van der Waals surface area contributed by atoms with Gasteiger partial charge in [0.1, 0.15) is 0 Å². The van der Waals surface area contributed by atoms with E-state index < -0.39 is 0 Å². The maximum Gasteiger partial charge on any atom is 0.222 e. The van der Waals surface area contributed by atoms with Crippen molar-refractivity contribution in [3.63, 3.8) is 0 Å². The van der Waals surface area contributed by atoms with Crippen molar-refractivity contribution in [2.75, 3.05) is 20.3 Å². The summed E-state index contributed by atoms with van der Waals surface area (Å²) in [5, 5.41) is 7.77. The quantitative estimate of drug-likeness (QED) is 0.854. The summed E-state index contributed by atoms with van der Waals surface area (Å²) in [6.45, 7) is 1.94. The number of aromatic nitrogens is 2. The molecule has 1 aromatic rings. The Balaban J connectivity index is 1.49. The average Bonchev–Trinajstić information content (AvgIpc) is 3.07. The maximum absolute atomic E-state index is 12.1. The van der Waals surface area contributed by atoms with Crippen molar-refractivity contribution in [3.05, 3.63) is 17.4 Å². The van der Waals surface area contributed by atoms with Gasteiger partial charge in [0.25, 0.3) is 0 Å².